The van der Waals surface area contributed by atoms with E-state index in [1.807, 2.05) is 38.4 Å². The lowest BCUT2D eigenvalue weighted by molar-refractivity contribution is -0.121. The van der Waals surface area contributed by atoms with E-state index in [4.69, 9.17) is 0 Å². The number of hydrogen-bond donors (Lipinski definition) is 1. The van der Waals surface area contributed by atoms with Crippen molar-refractivity contribution in [1.29, 1.82) is 0 Å². The van der Waals surface area contributed by atoms with E-state index < -0.39 is 0 Å². The molecule has 0 atom stereocenters. The van der Waals surface area contributed by atoms with E-state index >= 15 is 0 Å². The van der Waals surface area contributed by atoms with Crippen LogP contribution in [-0.2, 0) is 17.8 Å². The molecule has 0 spiro atoms. The van der Waals surface area contributed by atoms with Gasteiger partial charge in [0.2, 0.25) is 5.91 Å². The molecule has 1 aliphatic rings. The molecule has 2 aromatic heterocycles. The van der Waals surface area contributed by atoms with E-state index in [9.17, 15) is 4.79 Å². The van der Waals surface area contributed by atoms with Crippen molar-refractivity contribution in [1.82, 2.24) is 20.3 Å². The predicted molar refractivity (Wildman–Crippen MR) is 109 cm³/mol. The lowest BCUT2D eigenvalue weighted by atomic mass is 10.1. The minimum atomic E-state index is 0.0337. The summed E-state index contributed by atoms with van der Waals surface area (Å²) in [5.41, 5.74) is 4.01. The first-order valence-corrected chi connectivity index (χ1v) is 10.6. The van der Waals surface area contributed by atoms with E-state index in [-0.39, 0.29) is 5.91 Å². The van der Waals surface area contributed by atoms with E-state index in [0.29, 0.717) is 19.4 Å². The van der Waals surface area contributed by atoms with Gasteiger partial charge in [0.1, 0.15) is 5.82 Å². The second kappa shape index (κ2) is 9.17. The minimum absolute atomic E-state index is 0.0337. The van der Waals surface area contributed by atoms with Crippen molar-refractivity contribution in [2.45, 2.75) is 51.2 Å². The lowest BCUT2D eigenvalue weighted by Crippen LogP contribution is -2.24. The molecule has 0 unspecified atom stereocenters. The molecule has 0 radical (unpaired) electrons. The van der Waals surface area contributed by atoms with Gasteiger partial charge in [-0.15, -0.1) is 0 Å². The second-order valence-electron chi connectivity index (χ2n) is 6.86. The third-order valence-corrected chi connectivity index (χ3v) is 5.46. The summed E-state index contributed by atoms with van der Waals surface area (Å²) in [4.78, 5) is 28.0. The van der Waals surface area contributed by atoms with Crippen molar-refractivity contribution < 1.29 is 4.79 Å². The van der Waals surface area contributed by atoms with E-state index in [1.165, 1.54) is 24.6 Å². The number of nitrogens with one attached hydrogen (secondary N) is 1. The standard InChI is InChI=1S/C20H27N5OS/c1-14-17(15(2)24-20(23-14)27-3)7-9-19(26)22-13-16-6-8-18(21-12-16)25-10-4-5-11-25/h6,8,12H,4-5,7,9-11,13H2,1-3H3,(H,22,26). The monoisotopic (exact) mass is 385 g/mol. The molecule has 0 saturated carbocycles. The van der Waals surface area contributed by atoms with Gasteiger partial charge in [-0.3, -0.25) is 4.79 Å². The first-order valence-electron chi connectivity index (χ1n) is 9.41. The smallest absolute Gasteiger partial charge is 0.220 e. The molecule has 3 heterocycles. The second-order valence-corrected chi connectivity index (χ2v) is 7.63. The van der Waals surface area contributed by atoms with Gasteiger partial charge in [-0.05, 0) is 56.6 Å². The van der Waals surface area contributed by atoms with Crippen molar-refractivity contribution in [2.75, 3.05) is 24.2 Å². The van der Waals surface area contributed by atoms with Crippen molar-refractivity contribution in [3.05, 3.63) is 40.8 Å². The largest absolute Gasteiger partial charge is 0.357 e. The van der Waals surface area contributed by atoms with Crippen LogP contribution in [0.25, 0.3) is 0 Å². The van der Waals surface area contributed by atoms with Crippen LogP contribution in [-0.4, -0.2) is 40.2 Å². The first kappa shape index (κ1) is 19.6. The number of carbonyl (C=O) groups is 1. The maximum atomic E-state index is 12.2. The Hall–Kier alpha value is -2.15. The van der Waals surface area contributed by atoms with E-state index in [1.54, 1.807) is 0 Å². The quantitative estimate of drug-likeness (QED) is 0.583. The third-order valence-electron chi connectivity index (χ3n) is 4.91. The van der Waals surface area contributed by atoms with Crippen molar-refractivity contribution in [2.24, 2.45) is 0 Å². The molecule has 0 bridgehead atoms. The van der Waals surface area contributed by atoms with Crippen LogP contribution in [0.3, 0.4) is 0 Å². The molecular weight excluding hydrogens is 358 g/mol. The molecule has 0 aromatic carbocycles. The van der Waals surface area contributed by atoms with E-state index in [0.717, 1.165) is 46.6 Å². The fraction of sp³-hybridized carbons (Fsp3) is 0.500. The molecule has 3 rings (SSSR count). The Bertz CT molecular complexity index is 764. The summed E-state index contributed by atoms with van der Waals surface area (Å²) in [5.74, 6) is 1.06. The van der Waals surface area contributed by atoms with Gasteiger partial charge in [0.15, 0.2) is 5.16 Å². The number of anilines is 1. The number of rotatable bonds is 7. The minimum Gasteiger partial charge on any atom is -0.357 e. The summed E-state index contributed by atoms with van der Waals surface area (Å²) in [6, 6.07) is 4.09. The number of amides is 1. The Balaban J connectivity index is 1.48. The van der Waals surface area contributed by atoms with Gasteiger partial charge >= 0.3 is 0 Å². The average Bonchev–Trinajstić information content (AvgIpc) is 3.20. The molecule has 1 fully saturated rings. The topological polar surface area (TPSA) is 71.0 Å². The number of thioether (sulfide) groups is 1. The molecule has 144 valence electrons. The lowest BCUT2D eigenvalue weighted by Gasteiger charge is -2.16. The normalized spacial score (nSPS) is 13.8. The molecular formula is C20H27N5OS. The summed E-state index contributed by atoms with van der Waals surface area (Å²) in [6.45, 7) is 6.64. The molecule has 1 saturated heterocycles. The van der Waals surface area contributed by atoms with Crippen molar-refractivity contribution in [3.63, 3.8) is 0 Å². The zero-order chi connectivity index (χ0) is 19.2. The van der Waals surface area contributed by atoms with Gasteiger partial charge in [-0.2, -0.15) is 0 Å². The fourth-order valence-corrected chi connectivity index (χ4v) is 3.80. The fourth-order valence-electron chi connectivity index (χ4n) is 3.34. The Morgan fingerprint density at radius 3 is 2.48 bits per heavy atom. The third kappa shape index (κ3) is 5.19. The summed E-state index contributed by atoms with van der Waals surface area (Å²) < 4.78 is 0. The maximum absolute atomic E-state index is 12.2. The highest BCUT2D eigenvalue weighted by molar-refractivity contribution is 7.98. The van der Waals surface area contributed by atoms with Crippen LogP contribution in [0.1, 0.15) is 41.8 Å². The van der Waals surface area contributed by atoms with Gasteiger partial charge in [-0.1, -0.05) is 17.8 Å². The van der Waals surface area contributed by atoms with Crippen LogP contribution >= 0.6 is 11.8 Å². The van der Waals surface area contributed by atoms with Crippen LogP contribution in [0, 0.1) is 13.8 Å². The number of carbonyl (C=O) groups excluding carboxylic acids is 1. The van der Waals surface area contributed by atoms with Crippen LogP contribution < -0.4 is 10.2 Å². The Kier molecular flexibility index (Phi) is 6.66. The van der Waals surface area contributed by atoms with Crippen LogP contribution in [0.5, 0.6) is 0 Å². The van der Waals surface area contributed by atoms with Crippen molar-refractivity contribution in [3.8, 4) is 0 Å². The molecule has 0 aliphatic carbocycles. The number of pyridine rings is 1. The Morgan fingerprint density at radius 1 is 1.19 bits per heavy atom. The number of hydrogen-bond acceptors (Lipinski definition) is 6. The first-order chi connectivity index (χ1) is 13.1. The average molecular weight is 386 g/mol. The predicted octanol–water partition coefficient (Wildman–Crippen LogP) is 3.06. The summed E-state index contributed by atoms with van der Waals surface area (Å²) >= 11 is 1.53. The highest BCUT2D eigenvalue weighted by atomic mass is 32.2. The molecule has 1 N–H and O–H groups in total. The van der Waals surface area contributed by atoms with Gasteiger partial charge in [-0.25, -0.2) is 15.0 Å². The molecule has 7 heteroatoms. The molecule has 1 aliphatic heterocycles. The zero-order valence-electron chi connectivity index (χ0n) is 16.3. The SMILES string of the molecule is CSc1nc(C)c(CCC(=O)NCc2ccc(N3CCCC3)nc2)c(C)n1. The van der Waals surface area contributed by atoms with Crippen LogP contribution in [0.2, 0.25) is 0 Å². The van der Waals surface area contributed by atoms with Crippen LogP contribution in [0.15, 0.2) is 23.5 Å². The van der Waals surface area contributed by atoms with Gasteiger partial charge in [0, 0.05) is 43.6 Å². The van der Waals surface area contributed by atoms with Crippen molar-refractivity contribution >= 4 is 23.5 Å². The molecule has 1 amide bonds. The highest BCUT2D eigenvalue weighted by Gasteiger charge is 2.13. The van der Waals surface area contributed by atoms with Gasteiger partial charge < -0.3 is 10.2 Å². The van der Waals surface area contributed by atoms with Gasteiger partial charge in [0.05, 0.1) is 0 Å². The summed E-state index contributed by atoms with van der Waals surface area (Å²) in [7, 11) is 0. The number of aryl methyl sites for hydroxylation is 2. The summed E-state index contributed by atoms with van der Waals surface area (Å²) in [6.07, 6.45) is 7.39. The van der Waals surface area contributed by atoms with Gasteiger partial charge in [0.25, 0.3) is 0 Å². The molecule has 2 aromatic rings. The Labute approximate surface area is 165 Å². The maximum Gasteiger partial charge on any atom is 0.220 e. The molecule has 27 heavy (non-hydrogen) atoms. The highest BCUT2D eigenvalue weighted by Crippen LogP contribution is 2.18. The van der Waals surface area contributed by atoms with Crippen LogP contribution in [0.4, 0.5) is 5.82 Å². The molecule has 6 nitrogen and oxygen atoms in total. The van der Waals surface area contributed by atoms with E-state index in [2.05, 4.69) is 25.2 Å². The Morgan fingerprint density at radius 2 is 1.89 bits per heavy atom. The summed E-state index contributed by atoms with van der Waals surface area (Å²) in [5, 5.41) is 3.76. The number of aromatic nitrogens is 3. The number of nitrogens with zero attached hydrogens (tertiary/aromatic N) is 4. The zero-order valence-corrected chi connectivity index (χ0v) is 17.1.